The molecule has 3 rings (SSSR count). The quantitative estimate of drug-likeness (QED) is 0.177. The number of hydrogen-bond acceptors (Lipinski definition) is 0. The summed E-state index contributed by atoms with van der Waals surface area (Å²) in [5, 5.41) is 0. The second-order valence-corrected chi connectivity index (χ2v) is 14.3. The fourth-order valence-electron chi connectivity index (χ4n) is 8.76. The fourth-order valence-corrected chi connectivity index (χ4v) is 10.7. The normalized spacial score (nSPS) is 43.2. The van der Waals surface area contributed by atoms with Crippen molar-refractivity contribution in [2.75, 3.05) is 8.86 Å². The van der Waals surface area contributed by atoms with E-state index in [2.05, 4.69) is 79.8 Å². The van der Waals surface area contributed by atoms with Gasteiger partial charge in [0.15, 0.2) is 0 Å². The van der Waals surface area contributed by atoms with E-state index in [1.165, 1.54) is 66.6 Å². The van der Waals surface area contributed by atoms with E-state index in [9.17, 15) is 0 Å². The zero-order chi connectivity index (χ0) is 21.2. The number of halogens is 2. The Morgan fingerprint density at radius 1 is 0.862 bits per heavy atom. The Morgan fingerprint density at radius 3 is 2.28 bits per heavy atom. The van der Waals surface area contributed by atoms with Crippen molar-refractivity contribution in [2.24, 2.45) is 52.3 Å². The van der Waals surface area contributed by atoms with Crippen LogP contribution in [-0.2, 0) is 0 Å². The highest BCUT2D eigenvalue weighted by Gasteiger charge is 2.59. The maximum absolute atomic E-state index is 2.75. The first-order valence-electron chi connectivity index (χ1n) is 12.9. The van der Waals surface area contributed by atoms with E-state index in [0.717, 1.165) is 41.4 Å². The summed E-state index contributed by atoms with van der Waals surface area (Å²) >= 11 is 5.29. The molecule has 2 heteroatoms. The molecule has 0 amide bonds. The molecule has 3 aliphatic rings. The SMILES string of the molecule is CC(C)CCC[C@@H](C)[C@@H]1CC[C@@H]2[C@@H]3CC[C@@H](CCI)[C@](C)(CCI)[C@H]3CC[C@]21C. The van der Waals surface area contributed by atoms with Crippen molar-refractivity contribution in [2.45, 2.75) is 105 Å². The van der Waals surface area contributed by atoms with Crippen LogP contribution >= 0.6 is 45.2 Å². The van der Waals surface area contributed by atoms with Gasteiger partial charge in [-0.25, -0.2) is 0 Å². The molecule has 0 bridgehead atoms. The zero-order valence-electron chi connectivity index (χ0n) is 20.0. The molecule has 0 heterocycles. The number of fused-ring (bicyclic) bond motifs is 3. The van der Waals surface area contributed by atoms with Gasteiger partial charge in [-0.15, -0.1) is 0 Å². The topological polar surface area (TPSA) is 0 Å². The van der Waals surface area contributed by atoms with Gasteiger partial charge in [-0.2, -0.15) is 0 Å². The number of hydrogen-bond donors (Lipinski definition) is 0. The lowest BCUT2D eigenvalue weighted by molar-refractivity contribution is -0.101. The minimum absolute atomic E-state index is 0.623. The standard InChI is InChI=1S/C27H48I2/c1-19(2)7-6-8-20(3)23-11-12-24-22-10-9-21(14-17-28)26(4,16-18-29)25(22)13-15-27(23,24)5/h19-25H,6-18H2,1-5H3/t20-,21+,22+,23+,24-,25+,26+,27+/m1/s1. The summed E-state index contributed by atoms with van der Waals surface area (Å²) in [5.41, 5.74) is 1.28. The van der Waals surface area contributed by atoms with Crippen LogP contribution in [0.5, 0.6) is 0 Å². The van der Waals surface area contributed by atoms with Gasteiger partial charge in [0, 0.05) is 4.43 Å². The van der Waals surface area contributed by atoms with Gasteiger partial charge in [0.25, 0.3) is 0 Å². The molecule has 0 nitrogen and oxygen atoms in total. The third-order valence-corrected chi connectivity index (χ3v) is 11.5. The summed E-state index contributed by atoms with van der Waals surface area (Å²) in [6, 6.07) is 0. The summed E-state index contributed by atoms with van der Waals surface area (Å²) in [6.45, 7) is 12.9. The van der Waals surface area contributed by atoms with Crippen LogP contribution in [0.2, 0.25) is 0 Å². The largest absolute Gasteiger partial charge is 0.0864 e. The van der Waals surface area contributed by atoms with Gasteiger partial charge in [0.2, 0.25) is 0 Å². The van der Waals surface area contributed by atoms with E-state index in [4.69, 9.17) is 0 Å². The van der Waals surface area contributed by atoms with E-state index < -0.39 is 0 Å². The summed E-state index contributed by atoms with van der Waals surface area (Å²) < 4.78 is 2.71. The lowest BCUT2D eigenvalue weighted by Gasteiger charge is -2.59. The molecule has 0 aromatic rings. The third-order valence-electron chi connectivity index (χ3n) is 10.4. The molecule has 0 unspecified atom stereocenters. The molecule has 0 saturated heterocycles. The Labute approximate surface area is 210 Å². The van der Waals surface area contributed by atoms with Gasteiger partial charge >= 0.3 is 0 Å². The van der Waals surface area contributed by atoms with Gasteiger partial charge in [0.1, 0.15) is 0 Å². The lowest BCUT2D eigenvalue weighted by atomic mass is 9.46. The third kappa shape index (κ3) is 5.03. The predicted octanol–water partition coefficient (Wildman–Crippen LogP) is 9.57. The second kappa shape index (κ2) is 10.6. The smallest absolute Gasteiger partial charge is 0.0000661 e. The monoisotopic (exact) mass is 626 g/mol. The predicted molar refractivity (Wildman–Crippen MR) is 146 cm³/mol. The van der Waals surface area contributed by atoms with Crippen molar-refractivity contribution in [3.63, 3.8) is 0 Å². The van der Waals surface area contributed by atoms with Crippen LogP contribution in [0.25, 0.3) is 0 Å². The summed E-state index contributed by atoms with van der Waals surface area (Å²) in [4.78, 5) is 0. The van der Waals surface area contributed by atoms with E-state index in [1.54, 1.807) is 12.8 Å². The van der Waals surface area contributed by atoms with Crippen LogP contribution in [0, 0.1) is 52.3 Å². The van der Waals surface area contributed by atoms with Crippen molar-refractivity contribution in [3.8, 4) is 0 Å². The van der Waals surface area contributed by atoms with Gasteiger partial charge in [-0.1, -0.05) is 99.1 Å². The average molecular weight is 626 g/mol. The highest BCUT2D eigenvalue weighted by molar-refractivity contribution is 14.1. The molecule has 3 fully saturated rings. The van der Waals surface area contributed by atoms with E-state index in [-0.39, 0.29) is 0 Å². The molecule has 29 heavy (non-hydrogen) atoms. The molecule has 0 N–H and O–H groups in total. The Balaban J connectivity index is 1.73. The minimum atomic E-state index is 0.623. The van der Waals surface area contributed by atoms with Crippen molar-refractivity contribution in [1.82, 2.24) is 0 Å². The summed E-state index contributed by atoms with van der Waals surface area (Å²) in [5.74, 6) is 6.91. The van der Waals surface area contributed by atoms with Crippen molar-refractivity contribution in [3.05, 3.63) is 0 Å². The first-order valence-corrected chi connectivity index (χ1v) is 15.9. The molecular formula is C27H48I2. The van der Waals surface area contributed by atoms with Crippen LogP contribution in [0.15, 0.2) is 0 Å². The molecule has 170 valence electrons. The molecular weight excluding hydrogens is 578 g/mol. The Bertz CT molecular complexity index is 517. The molecule has 3 saturated carbocycles. The van der Waals surface area contributed by atoms with Crippen molar-refractivity contribution in [1.29, 1.82) is 0 Å². The highest BCUT2D eigenvalue weighted by atomic mass is 127. The van der Waals surface area contributed by atoms with E-state index in [1.807, 2.05) is 0 Å². The molecule has 0 aliphatic heterocycles. The van der Waals surface area contributed by atoms with Gasteiger partial charge in [-0.05, 0) is 108 Å². The average Bonchev–Trinajstić information content (AvgIpc) is 3.01. The number of alkyl halides is 2. The van der Waals surface area contributed by atoms with Gasteiger partial charge in [-0.3, -0.25) is 0 Å². The summed E-state index contributed by atoms with van der Waals surface area (Å²) in [6.07, 6.45) is 16.5. The van der Waals surface area contributed by atoms with Crippen LogP contribution in [0.1, 0.15) is 105 Å². The Hall–Kier alpha value is 1.46. The van der Waals surface area contributed by atoms with Gasteiger partial charge < -0.3 is 0 Å². The number of rotatable bonds is 9. The lowest BCUT2D eigenvalue weighted by Crippen LogP contribution is -2.52. The molecule has 0 radical (unpaired) electrons. The van der Waals surface area contributed by atoms with Gasteiger partial charge in [0.05, 0.1) is 0 Å². The molecule has 0 aromatic carbocycles. The van der Waals surface area contributed by atoms with Crippen LogP contribution in [0.3, 0.4) is 0 Å². The van der Waals surface area contributed by atoms with Crippen molar-refractivity contribution >= 4 is 45.2 Å². The minimum Gasteiger partial charge on any atom is -0.0864 e. The van der Waals surface area contributed by atoms with Crippen LogP contribution in [-0.4, -0.2) is 8.86 Å². The molecule has 0 spiro atoms. The second-order valence-electron chi connectivity index (χ2n) is 12.1. The Kier molecular flexibility index (Phi) is 9.17. The first kappa shape index (κ1) is 25.1. The van der Waals surface area contributed by atoms with Crippen LogP contribution in [0.4, 0.5) is 0 Å². The van der Waals surface area contributed by atoms with E-state index >= 15 is 0 Å². The maximum atomic E-state index is 2.75. The molecule has 8 atom stereocenters. The Morgan fingerprint density at radius 2 is 1.62 bits per heavy atom. The van der Waals surface area contributed by atoms with E-state index in [0.29, 0.717) is 10.8 Å². The fraction of sp³-hybridized carbons (Fsp3) is 1.00. The highest BCUT2D eigenvalue weighted by Crippen LogP contribution is 2.67. The molecule has 0 aromatic heterocycles. The first-order chi connectivity index (χ1) is 13.8. The maximum Gasteiger partial charge on any atom is 0.0000661 e. The van der Waals surface area contributed by atoms with Crippen molar-refractivity contribution < 1.29 is 0 Å². The molecule has 3 aliphatic carbocycles. The van der Waals surface area contributed by atoms with Crippen LogP contribution < -0.4 is 0 Å². The zero-order valence-corrected chi connectivity index (χ0v) is 24.3. The summed E-state index contributed by atoms with van der Waals surface area (Å²) in [7, 11) is 0.